The zero-order valence-electron chi connectivity index (χ0n) is 8.39. The predicted molar refractivity (Wildman–Crippen MR) is 51.4 cm³/mol. The molecule has 0 aromatic heterocycles. The van der Waals surface area contributed by atoms with E-state index in [4.69, 9.17) is 4.74 Å². The average Bonchev–Trinajstić information content (AvgIpc) is 2.04. The van der Waals surface area contributed by atoms with Crippen molar-refractivity contribution in [2.24, 2.45) is 0 Å². The monoisotopic (exact) mass is 270 g/mol. The van der Waals surface area contributed by atoms with Crippen LogP contribution in [0.4, 0.5) is 4.39 Å². The summed E-state index contributed by atoms with van der Waals surface area (Å²) in [6, 6.07) is 6.94. The first-order chi connectivity index (χ1) is 5.72. The zero-order chi connectivity index (χ0) is 8.97. The average molecular weight is 271 g/mol. The summed E-state index contributed by atoms with van der Waals surface area (Å²) < 4.78 is 18.0. The molecule has 0 aliphatic rings. The summed E-state index contributed by atoms with van der Waals surface area (Å²) in [5.41, 5.74) is 0. The molecule has 1 aromatic carbocycles. The Morgan fingerprint density at radius 2 is 2.14 bits per heavy atom. The maximum absolute atomic E-state index is 12.6. The Morgan fingerprint density at radius 3 is 2.64 bits per heavy atom. The largest absolute Gasteiger partial charge is 2.00 e. The van der Waals surface area contributed by atoms with Crippen LogP contribution in [0.3, 0.4) is 0 Å². The van der Waals surface area contributed by atoms with E-state index in [1.165, 1.54) is 12.1 Å². The summed E-state index contributed by atoms with van der Waals surface area (Å²) in [5.74, 6) is 0.236. The van der Waals surface area contributed by atoms with E-state index in [0.29, 0.717) is 5.75 Å². The van der Waals surface area contributed by atoms with E-state index in [1.807, 2.05) is 13.8 Å². The third-order valence-corrected chi connectivity index (χ3v) is 1.64. The van der Waals surface area contributed by atoms with Crippen molar-refractivity contribution in [3.05, 3.63) is 30.1 Å². The Hall–Kier alpha value is 0.196. The molecule has 1 rings (SSSR count). The molecule has 0 amide bonds. The fraction of sp³-hybridized carbons (Fsp3) is 0.400. The summed E-state index contributed by atoms with van der Waals surface area (Å²) in [7, 11) is 0. The number of hydrogen-bond donors (Lipinski definition) is 0. The van der Waals surface area contributed by atoms with Gasteiger partial charge in [-0.1, -0.05) is 13.0 Å². The molecule has 0 aliphatic heterocycles. The molecule has 14 heavy (non-hydrogen) atoms. The Labute approximate surface area is 111 Å². The van der Waals surface area contributed by atoms with Gasteiger partial charge in [-0.3, -0.25) is 4.39 Å². The van der Waals surface area contributed by atoms with Gasteiger partial charge in [0.05, 0.1) is 6.10 Å². The van der Waals surface area contributed by atoms with Crippen molar-refractivity contribution in [1.29, 1.82) is 0 Å². The van der Waals surface area contributed by atoms with Crippen LogP contribution in [0, 0.1) is 11.9 Å². The van der Waals surface area contributed by atoms with Gasteiger partial charge in [-0.15, -0.1) is 12.1 Å². The van der Waals surface area contributed by atoms with Crippen LogP contribution in [-0.2, 0) is 0 Å². The van der Waals surface area contributed by atoms with Crippen LogP contribution in [0.2, 0.25) is 0 Å². The summed E-state index contributed by atoms with van der Waals surface area (Å²) >= 11 is 0. The van der Waals surface area contributed by atoms with Crippen molar-refractivity contribution in [3.8, 4) is 5.75 Å². The van der Waals surface area contributed by atoms with E-state index >= 15 is 0 Å². The third kappa shape index (κ3) is 5.83. The molecule has 4 heteroatoms. The topological polar surface area (TPSA) is 9.23 Å². The molecule has 1 nitrogen and oxygen atoms in total. The van der Waals surface area contributed by atoms with Crippen molar-refractivity contribution in [3.63, 3.8) is 0 Å². The predicted octanol–water partition coefficient (Wildman–Crippen LogP) is -0.574. The fourth-order valence-electron chi connectivity index (χ4n) is 0.806. The quantitative estimate of drug-likeness (QED) is 0.528. The standard InChI is InChI=1S/C10H12FO.BrH.Mg/c1-3-8(2)12-10-6-4-5-9(11)7-10;;/h5-8H,3H2,1-2H3;1H;/q-1;;+2/p-1. The molecule has 0 saturated carbocycles. The second-order valence-corrected chi connectivity index (χ2v) is 2.72. The van der Waals surface area contributed by atoms with Gasteiger partial charge in [0.1, 0.15) is 0 Å². The summed E-state index contributed by atoms with van der Waals surface area (Å²) in [6.45, 7) is 3.97. The van der Waals surface area contributed by atoms with Crippen LogP contribution >= 0.6 is 0 Å². The van der Waals surface area contributed by atoms with Gasteiger partial charge >= 0.3 is 23.1 Å². The van der Waals surface area contributed by atoms with E-state index in [0.717, 1.165) is 6.42 Å². The second-order valence-electron chi connectivity index (χ2n) is 2.72. The molecular formula is C10H12BrFMgO. The summed E-state index contributed by atoms with van der Waals surface area (Å²) in [6.07, 6.45) is 1.04. The molecule has 0 bridgehead atoms. The Kier molecular flexibility index (Phi) is 10.1. The molecule has 0 saturated heterocycles. The molecule has 74 valence electrons. The minimum absolute atomic E-state index is 0. The van der Waals surface area contributed by atoms with E-state index in [9.17, 15) is 4.39 Å². The first-order valence-corrected chi connectivity index (χ1v) is 4.05. The number of rotatable bonds is 3. The Morgan fingerprint density at radius 1 is 1.50 bits per heavy atom. The zero-order valence-corrected chi connectivity index (χ0v) is 11.4. The van der Waals surface area contributed by atoms with Crippen LogP contribution in [-0.4, -0.2) is 29.2 Å². The molecule has 0 N–H and O–H groups in total. The molecule has 0 heterocycles. The van der Waals surface area contributed by atoms with Gasteiger partial charge in [-0.05, 0) is 13.3 Å². The van der Waals surface area contributed by atoms with Crippen LogP contribution in [0.15, 0.2) is 18.2 Å². The van der Waals surface area contributed by atoms with Gasteiger partial charge in [-0.2, -0.15) is 6.07 Å². The Bertz CT molecular complexity index is 258. The second kappa shape index (κ2) is 8.50. The van der Waals surface area contributed by atoms with E-state index in [-0.39, 0.29) is 52.0 Å². The molecule has 1 unspecified atom stereocenters. The van der Waals surface area contributed by atoms with E-state index < -0.39 is 0 Å². The van der Waals surface area contributed by atoms with Gasteiger partial charge in [-0.25, -0.2) is 0 Å². The van der Waals surface area contributed by atoms with Crippen LogP contribution < -0.4 is 21.7 Å². The van der Waals surface area contributed by atoms with Gasteiger partial charge in [0, 0.05) is 11.6 Å². The van der Waals surface area contributed by atoms with Crippen molar-refractivity contribution in [2.75, 3.05) is 0 Å². The molecular weight excluding hydrogens is 259 g/mol. The van der Waals surface area contributed by atoms with Gasteiger partial charge in [0.15, 0.2) is 0 Å². The van der Waals surface area contributed by atoms with Crippen molar-refractivity contribution in [1.82, 2.24) is 0 Å². The molecule has 1 atom stereocenters. The maximum atomic E-state index is 12.6. The first-order valence-electron chi connectivity index (χ1n) is 4.05. The maximum Gasteiger partial charge on any atom is 2.00 e. The van der Waals surface area contributed by atoms with E-state index in [1.54, 1.807) is 6.07 Å². The normalized spacial score (nSPS) is 10.8. The third-order valence-electron chi connectivity index (χ3n) is 1.64. The fourth-order valence-corrected chi connectivity index (χ4v) is 0.806. The molecule has 0 aliphatic carbocycles. The Balaban J connectivity index is 0. The SMILES string of the molecule is CCC(C)Oc1c[c-]cc(F)c1.[Br-].[Mg+2]. The molecule has 1 aromatic rings. The van der Waals surface area contributed by atoms with Gasteiger partial charge < -0.3 is 21.7 Å². The van der Waals surface area contributed by atoms with Crippen molar-refractivity contribution in [2.45, 2.75) is 26.4 Å². The van der Waals surface area contributed by atoms with Crippen LogP contribution in [0.1, 0.15) is 20.3 Å². The van der Waals surface area contributed by atoms with Crippen LogP contribution in [0.25, 0.3) is 0 Å². The summed E-state index contributed by atoms with van der Waals surface area (Å²) in [4.78, 5) is 0. The molecule has 0 radical (unpaired) electrons. The van der Waals surface area contributed by atoms with Gasteiger partial charge in [0.2, 0.25) is 0 Å². The van der Waals surface area contributed by atoms with Gasteiger partial charge in [0.25, 0.3) is 0 Å². The van der Waals surface area contributed by atoms with Crippen molar-refractivity contribution >= 4 is 23.1 Å². The first kappa shape index (κ1) is 16.6. The number of hydrogen-bond acceptors (Lipinski definition) is 1. The van der Waals surface area contributed by atoms with Crippen LogP contribution in [0.5, 0.6) is 5.75 Å². The minimum atomic E-state index is -0.309. The smallest absolute Gasteiger partial charge is 1.00 e. The summed E-state index contributed by atoms with van der Waals surface area (Å²) in [5, 5.41) is 0. The molecule has 0 spiro atoms. The van der Waals surface area contributed by atoms with Crippen molar-refractivity contribution < 1.29 is 26.1 Å². The number of ether oxygens (including phenoxy) is 1. The van der Waals surface area contributed by atoms with E-state index in [2.05, 4.69) is 6.07 Å². The number of halogens is 2. The molecule has 0 fully saturated rings. The number of benzene rings is 1. The minimum Gasteiger partial charge on any atom is -1.00 e.